The predicted octanol–water partition coefficient (Wildman–Crippen LogP) is 6.21. The van der Waals surface area contributed by atoms with Gasteiger partial charge in [0.25, 0.3) is 5.91 Å². The van der Waals surface area contributed by atoms with Crippen LogP contribution in [0.5, 0.6) is 0 Å². The average molecular weight is 482 g/mol. The van der Waals surface area contributed by atoms with Gasteiger partial charge in [0.1, 0.15) is 0 Å². The maximum atomic E-state index is 12.6. The predicted molar refractivity (Wildman–Crippen MR) is 124 cm³/mol. The number of nitrogens with one attached hydrogen (secondary N) is 1. The molecule has 5 nitrogen and oxygen atoms in total. The van der Waals surface area contributed by atoms with Crippen molar-refractivity contribution in [1.29, 1.82) is 0 Å². The Kier molecular flexibility index (Phi) is 7.83. The summed E-state index contributed by atoms with van der Waals surface area (Å²) in [6.07, 6.45) is 1.77. The molecular weight excluding hydrogens is 463 g/mol. The van der Waals surface area contributed by atoms with Crippen LogP contribution in [0.15, 0.2) is 60.3 Å². The van der Waals surface area contributed by atoms with E-state index in [-0.39, 0.29) is 11.9 Å². The van der Waals surface area contributed by atoms with Crippen molar-refractivity contribution in [2.45, 2.75) is 30.4 Å². The van der Waals surface area contributed by atoms with Gasteiger partial charge in [-0.2, -0.15) is 0 Å². The van der Waals surface area contributed by atoms with Gasteiger partial charge in [0.2, 0.25) is 0 Å². The molecule has 0 aliphatic rings. The Morgan fingerprint density at radius 3 is 2.53 bits per heavy atom. The molecule has 0 aliphatic carbocycles. The van der Waals surface area contributed by atoms with Crippen LogP contribution in [0.1, 0.15) is 34.7 Å². The minimum Gasteiger partial charge on any atom is -0.342 e. The van der Waals surface area contributed by atoms with E-state index in [1.54, 1.807) is 30.0 Å². The van der Waals surface area contributed by atoms with Gasteiger partial charge in [-0.05, 0) is 42.8 Å². The van der Waals surface area contributed by atoms with Crippen LogP contribution in [0.2, 0.25) is 15.1 Å². The molecule has 1 aromatic heterocycles. The summed E-state index contributed by atoms with van der Waals surface area (Å²) in [5, 5.41) is 13.7. The highest BCUT2D eigenvalue weighted by molar-refractivity contribution is 7.98. The lowest BCUT2D eigenvalue weighted by atomic mass is 10.2. The fraction of sp³-hybridized carbons (Fsp3) is 0.190. The molecule has 1 atom stereocenters. The fourth-order valence-corrected chi connectivity index (χ4v) is 4.30. The molecule has 0 fully saturated rings. The SMILES string of the molecule is C=CCn1c(SCc2ccc(Cl)cc2)nnc1[C@H](C)NC(=O)c1ccc(Cl)cc1Cl. The first-order valence-corrected chi connectivity index (χ1v) is 11.2. The Hall–Kier alpha value is -1.99. The van der Waals surface area contributed by atoms with Crippen LogP contribution in [0, 0.1) is 0 Å². The van der Waals surface area contributed by atoms with Gasteiger partial charge in [-0.15, -0.1) is 16.8 Å². The lowest BCUT2D eigenvalue weighted by Gasteiger charge is -2.16. The summed E-state index contributed by atoms with van der Waals surface area (Å²) in [5.41, 5.74) is 1.47. The number of hydrogen-bond acceptors (Lipinski definition) is 4. The number of amides is 1. The number of allylic oxidation sites excluding steroid dienone is 1. The smallest absolute Gasteiger partial charge is 0.253 e. The van der Waals surface area contributed by atoms with E-state index in [1.807, 2.05) is 35.8 Å². The van der Waals surface area contributed by atoms with Crippen molar-refractivity contribution < 1.29 is 4.79 Å². The highest BCUT2D eigenvalue weighted by Crippen LogP contribution is 2.26. The number of halogens is 3. The standard InChI is InChI=1S/C21H19Cl3N4OS/c1-3-10-28-19(13(2)25-20(29)17-9-8-16(23)11-18(17)24)26-27-21(28)30-12-14-4-6-15(22)7-5-14/h3-9,11,13H,1,10,12H2,2H3,(H,25,29)/t13-/m0/s1. The molecule has 0 saturated heterocycles. The second kappa shape index (κ2) is 10.4. The lowest BCUT2D eigenvalue weighted by Crippen LogP contribution is -2.29. The van der Waals surface area contributed by atoms with Crippen molar-refractivity contribution in [2.75, 3.05) is 0 Å². The van der Waals surface area contributed by atoms with Crippen molar-refractivity contribution in [3.63, 3.8) is 0 Å². The first-order chi connectivity index (χ1) is 14.4. The van der Waals surface area contributed by atoms with Crippen molar-refractivity contribution in [2.24, 2.45) is 0 Å². The minimum absolute atomic E-state index is 0.291. The van der Waals surface area contributed by atoms with Crippen molar-refractivity contribution in [1.82, 2.24) is 20.1 Å². The summed E-state index contributed by atoms with van der Waals surface area (Å²) < 4.78 is 1.93. The Morgan fingerprint density at radius 2 is 1.87 bits per heavy atom. The van der Waals surface area contributed by atoms with Gasteiger partial charge >= 0.3 is 0 Å². The zero-order valence-electron chi connectivity index (χ0n) is 16.1. The number of rotatable bonds is 8. The molecule has 1 N–H and O–H groups in total. The number of carbonyl (C=O) groups is 1. The number of nitrogens with zero attached hydrogens (tertiary/aromatic N) is 3. The Bertz CT molecular complexity index is 1050. The molecule has 1 heterocycles. The van der Waals surface area contributed by atoms with Crippen LogP contribution in [-0.4, -0.2) is 20.7 Å². The number of thioether (sulfide) groups is 1. The van der Waals surface area contributed by atoms with Gasteiger partial charge in [0, 0.05) is 22.3 Å². The Labute approximate surface area is 194 Å². The summed E-state index contributed by atoms with van der Waals surface area (Å²) in [7, 11) is 0. The van der Waals surface area contributed by atoms with Crippen LogP contribution in [0.25, 0.3) is 0 Å². The van der Waals surface area contributed by atoms with E-state index >= 15 is 0 Å². The average Bonchev–Trinajstić information content (AvgIpc) is 3.10. The van der Waals surface area contributed by atoms with Crippen LogP contribution in [0.3, 0.4) is 0 Å². The molecule has 0 radical (unpaired) electrons. The van der Waals surface area contributed by atoms with Gasteiger partial charge in [0.05, 0.1) is 16.6 Å². The Balaban J connectivity index is 1.75. The fourth-order valence-electron chi connectivity index (χ4n) is 2.77. The van der Waals surface area contributed by atoms with Gasteiger partial charge in [-0.25, -0.2) is 0 Å². The highest BCUT2D eigenvalue weighted by Gasteiger charge is 2.21. The highest BCUT2D eigenvalue weighted by atomic mass is 35.5. The summed E-state index contributed by atoms with van der Waals surface area (Å²) in [5.74, 6) is 1.03. The molecule has 3 rings (SSSR count). The van der Waals surface area contributed by atoms with Crippen LogP contribution in [-0.2, 0) is 12.3 Å². The molecule has 9 heteroatoms. The monoisotopic (exact) mass is 480 g/mol. The second-order valence-corrected chi connectivity index (χ2v) is 8.70. The molecule has 0 bridgehead atoms. The molecule has 0 spiro atoms. The number of hydrogen-bond donors (Lipinski definition) is 1. The van der Waals surface area contributed by atoms with Gasteiger partial charge in [0.15, 0.2) is 11.0 Å². The molecule has 30 heavy (non-hydrogen) atoms. The Morgan fingerprint density at radius 1 is 1.17 bits per heavy atom. The first kappa shape index (κ1) is 22.7. The van der Waals surface area contributed by atoms with E-state index in [0.717, 1.165) is 10.7 Å². The zero-order valence-corrected chi connectivity index (χ0v) is 19.2. The summed E-state index contributed by atoms with van der Waals surface area (Å²) in [6, 6.07) is 12.0. The summed E-state index contributed by atoms with van der Waals surface area (Å²) in [4.78, 5) is 12.6. The van der Waals surface area contributed by atoms with Gasteiger partial charge in [-0.3, -0.25) is 4.79 Å². The molecule has 156 valence electrons. The van der Waals surface area contributed by atoms with E-state index in [2.05, 4.69) is 22.1 Å². The number of aromatic nitrogens is 3. The lowest BCUT2D eigenvalue weighted by molar-refractivity contribution is 0.0937. The van der Waals surface area contributed by atoms with Crippen LogP contribution in [0.4, 0.5) is 0 Å². The van der Waals surface area contributed by atoms with E-state index in [4.69, 9.17) is 34.8 Å². The quantitative estimate of drug-likeness (QED) is 0.307. The molecule has 0 unspecified atom stereocenters. The normalized spacial score (nSPS) is 11.9. The maximum absolute atomic E-state index is 12.6. The van der Waals surface area contributed by atoms with E-state index < -0.39 is 0 Å². The van der Waals surface area contributed by atoms with E-state index in [1.165, 1.54) is 6.07 Å². The second-order valence-electron chi connectivity index (χ2n) is 6.47. The van der Waals surface area contributed by atoms with Gasteiger partial charge in [-0.1, -0.05) is 64.8 Å². The van der Waals surface area contributed by atoms with Crippen molar-refractivity contribution >= 4 is 52.5 Å². The minimum atomic E-state index is -0.387. The molecule has 1 amide bonds. The molecule has 0 aliphatic heterocycles. The zero-order chi connectivity index (χ0) is 21.7. The first-order valence-electron chi connectivity index (χ1n) is 9.06. The molecule has 3 aromatic rings. The van der Waals surface area contributed by atoms with Gasteiger partial charge < -0.3 is 9.88 Å². The largest absolute Gasteiger partial charge is 0.342 e. The third-order valence-electron chi connectivity index (χ3n) is 4.25. The number of carbonyl (C=O) groups excluding carboxylic acids is 1. The van der Waals surface area contributed by atoms with E-state index in [0.29, 0.717) is 38.8 Å². The maximum Gasteiger partial charge on any atom is 0.253 e. The summed E-state index contributed by atoms with van der Waals surface area (Å²) in [6.45, 7) is 6.18. The van der Waals surface area contributed by atoms with Crippen LogP contribution < -0.4 is 5.32 Å². The molecule has 2 aromatic carbocycles. The topological polar surface area (TPSA) is 59.8 Å². The molecule has 0 saturated carbocycles. The third-order valence-corrected chi connectivity index (χ3v) is 6.09. The van der Waals surface area contributed by atoms with Crippen LogP contribution >= 0.6 is 46.6 Å². The number of benzene rings is 2. The molecular formula is C21H19Cl3N4OS. The van der Waals surface area contributed by atoms with E-state index in [9.17, 15) is 4.79 Å². The summed E-state index contributed by atoms with van der Waals surface area (Å²) >= 11 is 19.5. The van der Waals surface area contributed by atoms with Crippen molar-refractivity contribution in [3.8, 4) is 0 Å². The third kappa shape index (κ3) is 5.58. The van der Waals surface area contributed by atoms with Crippen molar-refractivity contribution in [3.05, 3.63) is 87.1 Å².